The van der Waals surface area contributed by atoms with Crippen LogP contribution in [0.3, 0.4) is 0 Å². The van der Waals surface area contributed by atoms with E-state index in [0.717, 1.165) is 21.5 Å². The van der Waals surface area contributed by atoms with Crippen molar-refractivity contribution >= 4 is 65.4 Å². The quantitative estimate of drug-likeness (QED) is 0.113. The molecule has 4 aromatic carbocycles. The molecule has 0 saturated heterocycles. The Hall–Kier alpha value is -4.58. The second-order valence-electron chi connectivity index (χ2n) is 11.0. The molecule has 4 amide bonds. The van der Waals surface area contributed by atoms with Gasteiger partial charge in [0.2, 0.25) is 0 Å². The third kappa shape index (κ3) is 9.50. The Balaban J connectivity index is 0.000000458. The van der Waals surface area contributed by atoms with E-state index in [1.807, 2.05) is 48.5 Å². The molecule has 0 aromatic heterocycles. The van der Waals surface area contributed by atoms with Gasteiger partial charge in [0, 0.05) is 39.3 Å². The largest absolute Gasteiger partial charge is 0.314 e. The summed E-state index contributed by atoms with van der Waals surface area (Å²) in [6, 6.07) is 22.5. The monoisotopic (exact) mass is 698 g/mol. The second-order valence-corrected chi connectivity index (χ2v) is 13.9. The number of fused-ring (bicyclic) bond motifs is 4. The highest BCUT2D eigenvalue weighted by molar-refractivity contribution is 7.85. The van der Waals surface area contributed by atoms with E-state index in [1.54, 1.807) is 24.3 Å². The number of carbonyl (C=O) groups is 4. The first-order valence-corrected chi connectivity index (χ1v) is 18.3. The van der Waals surface area contributed by atoms with Crippen LogP contribution in [0.1, 0.15) is 41.4 Å². The molecular weight excluding hydrogens is 665 g/mol. The normalized spacial score (nSPS) is 14.1. The number of nitrogens with one attached hydrogen (secondary N) is 2. The van der Waals surface area contributed by atoms with Crippen molar-refractivity contribution in [2.45, 2.75) is 0 Å². The highest BCUT2D eigenvalue weighted by Crippen LogP contribution is 2.29. The average molecular weight is 699 g/mol. The SMILES string of the molecule is CS(=O)(=O)O.CS(=O)(=O)O.O=C1c2cc3ccccc3cc2C(=O)N1CCNCCNCCN1C(=O)c2cc3ccccc3cc2C1=O. The van der Waals surface area contributed by atoms with Gasteiger partial charge in [-0.1, -0.05) is 48.5 Å². The maximum Gasteiger partial charge on any atom is 0.261 e. The summed E-state index contributed by atoms with van der Waals surface area (Å²) < 4.78 is 51.7. The molecule has 0 saturated carbocycles. The highest BCUT2D eigenvalue weighted by Gasteiger charge is 2.36. The molecular formula is C32H34N4O10S2. The minimum Gasteiger partial charge on any atom is -0.314 e. The number of rotatable bonds is 9. The third-order valence-electron chi connectivity index (χ3n) is 7.18. The van der Waals surface area contributed by atoms with Crippen LogP contribution in [0.2, 0.25) is 0 Å². The standard InChI is InChI=1S/C30H26N4O4.2CH4O3S/c35-27-23-15-19-5-1-2-6-20(19)16-24(23)28(36)33(27)13-11-31-9-10-32-12-14-34-29(37)25-17-21-7-3-4-8-22(21)18-26(25)30(34)38;2*1-5(2,3)4/h1-8,15-18,31-32H,9-14H2;2*1H3,(H,2,3,4). The van der Waals surface area contributed by atoms with E-state index < -0.39 is 20.2 Å². The second kappa shape index (κ2) is 15.1. The fraction of sp³-hybridized carbons (Fsp3) is 0.250. The average Bonchev–Trinajstić information content (AvgIpc) is 3.37. The molecule has 16 heteroatoms. The van der Waals surface area contributed by atoms with Gasteiger partial charge >= 0.3 is 0 Å². The number of hydrogen-bond donors (Lipinski definition) is 4. The van der Waals surface area contributed by atoms with Crippen molar-refractivity contribution in [3.05, 3.63) is 95.1 Å². The number of benzene rings is 4. The van der Waals surface area contributed by atoms with E-state index in [4.69, 9.17) is 9.11 Å². The Morgan fingerprint density at radius 2 is 0.729 bits per heavy atom. The third-order valence-corrected chi connectivity index (χ3v) is 7.18. The molecule has 4 N–H and O–H groups in total. The number of nitrogens with zero attached hydrogens (tertiary/aromatic N) is 2. The van der Waals surface area contributed by atoms with Crippen molar-refractivity contribution in [1.82, 2.24) is 20.4 Å². The fourth-order valence-corrected chi connectivity index (χ4v) is 5.17. The lowest BCUT2D eigenvalue weighted by molar-refractivity contribution is 0.0639. The Morgan fingerprint density at radius 3 is 0.958 bits per heavy atom. The van der Waals surface area contributed by atoms with Crippen LogP contribution in [0.15, 0.2) is 72.8 Å². The van der Waals surface area contributed by atoms with Gasteiger partial charge in [-0.25, -0.2) is 0 Å². The predicted molar refractivity (Wildman–Crippen MR) is 179 cm³/mol. The summed E-state index contributed by atoms with van der Waals surface area (Å²) in [7, 11) is -7.33. The van der Waals surface area contributed by atoms with Crippen LogP contribution in [0.25, 0.3) is 21.5 Å². The lowest BCUT2D eigenvalue weighted by Crippen LogP contribution is -2.40. The Labute approximate surface area is 277 Å². The Morgan fingerprint density at radius 1 is 0.500 bits per heavy atom. The number of hydrogen-bond acceptors (Lipinski definition) is 10. The summed E-state index contributed by atoms with van der Waals surface area (Å²) in [5.41, 5.74) is 1.82. The summed E-state index contributed by atoms with van der Waals surface area (Å²) >= 11 is 0. The summed E-state index contributed by atoms with van der Waals surface area (Å²) in [6.07, 6.45) is 1.43. The van der Waals surface area contributed by atoms with Gasteiger partial charge in [-0.05, 0) is 45.8 Å². The van der Waals surface area contributed by atoms with Gasteiger partial charge in [-0.15, -0.1) is 0 Å². The van der Waals surface area contributed by atoms with Crippen LogP contribution in [-0.2, 0) is 20.2 Å². The van der Waals surface area contributed by atoms with Gasteiger partial charge in [0.05, 0.1) is 34.8 Å². The lowest BCUT2D eigenvalue weighted by atomic mass is 10.0. The fourth-order valence-electron chi connectivity index (χ4n) is 5.17. The minimum absolute atomic E-state index is 0.260. The zero-order chi connectivity index (χ0) is 35.2. The van der Waals surface area contributed by atoms with Gasteiger partial charge < -0.3 is 10.6 Å². The van der Waals surface area contributed by atoms with Crippen molar-refractivity contribution in [2.75, 3.05) is 51.8 Å². The molecule has 2 aliphatic heterocycles. The van der Waals surface area contributed by atoms with E-state index in [0.29, 0.717) is 60.9 Å². The van der Waals surface area contributed by atoms with E-state index >= 15 is 0 Å². The maximum atomic E-state index is 12.8. The molecule has 14 nitrogen and oxygen atoms in total. The predicted octanol–water partition coefficient (Wildman–Crippen LogP) is 2.07. The number of carbonyl (C=O) groups excluding carboxylic acids is 4. The summed E-state index contributed by atoms with van der Waals surface area (Å²) in [5.74, 6) is -1.04. The summed E-state index contributed by atoms with van der Waals surface area (Å²) in [5, 5.41) is 10.2. The summed E-state index contributed by atoms with van der Waals surface area (Å²) in [4.78, 5) is 53.7. The first kappa shape index (κ1) is 36.3. The Kier molecular flexibility index (Phi) is 11.4. The van der Waals surface area contributed by atoms with Crippen molar-refractivity contribution in [1.29, 1.82) is 0 Å². The van der Waals surface area contributed by atoms with E-state index in [1.165, 1.54) is 9.80 Å². The smallest absolute Gasteiger partial charge is 0.261 e. The van der Waals surface area contributed by atoms with Crippen molar-refractivity contribution in [2.24, 2.45) is 0 Å². The van der Waals surface area contributed by atoms with Gasteiger partial charge in [0.15, 0.2) is 0 Å². The van der Waals surface area contributed by atoms with Crippen molar-refractivity contribution in [3.63, 3.8) is 0 Å². The van der Waals surface area contributed by atoms with Crippen molar-refractivity contribution < 1.29 is 45.1 Å². The maximum absolute atomic E-state index is 12.8. The molecule has 0 bridgehead atoms. The molecule has 2 aliphatic rings. The van der Waals surface area contributed by atoms with Gasteiger partial charge in [-0.2, -0.15) is 16.8 Å². The molecule has 0 aliphatic carbocycles. The molecule has 48 heavy (non-hydrogen) atoms. The van der Waals surface area contributed by atoms with Gasteiger partial charge in [0.1, 0.15) is 0 Å². The molecule has 6 rings (SSSR count). The first-order chi connectivity index (χ1) is 22.5. The Bertz CT molecular complexity index is 1840. The molecule has 0 spiro atoms. The zero-order valence-corrected chi connectivity index (χ0v) is 27.7. The van der Waals surface area contributed by atoms with Gasteiger partial charge in [-0.3, -0.25) is 38.1 Å². The van der Waals surface area contributed by atoms with E-state index in [9.17, 15) is 36.0 Å². The topological polar surface area (TPSA) is 208 Å². The molecule has 0 radical (unpaired) electrons. The van der Waals surface area contributed by atoms with Gasteiger partial charge in [0.25, 0.3) is 43.9 Å². The van der Waals surface area contributed by atoms with Crippen LogP contribution < -0.4 is 10.6 Å². The zero-order valence-electron chi connectivity index (χ0n) is 26.0. The van der Waals surface area contributed by atoms with Crippen LogP contribution in [-0.4, -0.2) is 111 Å². The van der Waals surface area contributed by atoms with Crippen molar-refractivity contribution in [3.8, 4) is 0 Å². The molecule has 254 valence electrons. The van der Waals surface area contributed by atoms with Crippen LogP contribution >= 0.6 is 0 Å². The molecule has 0 atom stereocenters. The first-order valence-electron chi connectivity index (χ1n) is 14.6. The number of imide groups is 2. The van der Waals surface area contributed by atoms with Crippen LogP contribution in [0.5, 0.6) is 0 Å². The van der Waals surface area contributed by atoms with Crippen LogP contribution in [0, 0.1) is 0 Å². The minimum atomic E-state index is -3.67. The number of amides is 4. The van der Waals surface area contributed by atoms with E-state index in [-0.39, 0.29) is 36.7 Å². The van der Waals surface area contributed by atoms with E-state index in [2.05, 4.69) is 10.6 Å². The summed E-state index contributed by atoms with van der Waals surface area (Å²) in [6.45, 7) is 2.73. The highest BCUT2D eigenvalue weighted by atomic mass is 32.2. The lowest BCUT2D eigenvalue weighted by Gasteiger charge is -2.15. The molecule has 2 heterocycles. The molecule has 0 fully saturated rings. The molecule has 4 aromatic rings. The van der Waals surface area contributed by atoms with Crippen LogP contribution in [0.4, 0.5) is 0 Å². The molecule has 0 unspecified atom stereocenters.